The smallest absolute Gasteiger partial charge is 0.322 e. The van der Waals surface area contributed by atoms with Crippen LogP contribution in [0.1, 0.15) is 5.56 Å². The minimum absolute atomic E-state index is 0.00969. The molecule has 4 heteroatoms. The van der Waals surface area contributed by atoms with E-state index in [0.29, 0.717) is 6.61 Å². The van der Waals surface area contributed by atoms with Gasteiger partial charge in [0.1, 0.15) is 6.04 Å². The molecule has 3 N–H and O–H groups in total. The molecule has 0 amide bonds. The van der Waals surface area contributed by atoms with E-state index in [1.807, 2.05) is 42.5 Å². The molecule has 2 rings (SSSR count). The average Bonchev–Trinajstić information content (AvgIpc) is 2.48. The van der Waals surface area contributed by atoms with Crippen LogP contribution >= 0.6 is 0 Å². The highest BCUT2D eigenvalue weighted by Crippen LogP contribution is 2.19. The van der Waals surface area contributed by atoms with Gasteiger partial charge in [0.2, 0.25) is 0 Å². The summed E-state index contributed by atoms with van der Waals surface area (Å²) in [4.78, 5) is 10.5. The van der Waals surface area contributed by atoms with Crippen molar-refractivity contribution in [3.63, 3.8) is 0 Å². The lowest BCUT2D eigenvalue weighted by molar-refractivity contribution is -0.140. The van der Waals surface area contributed by atoms with Gasteiger partial charge >= 0.3 is 5.97 Å². The Morgan fingerprint density at radius 1 is 1.05 bits per heavy atom. The summed E-state index contributed by atoms with van der Waals surface area (Å²) in [6, 6.07) is 17.1. The minimum Gasteiger partial charge on any atom is -0.480 e. The van der Waals surface area contributed by atoms with Crippen molar-refractivity contribution in [1.82, 2.24) is 0 Å². The lowest BCUT2D eigenvalue weighted by Gasteiger charge is -2.08. The van der Waals surface area contributed by atoms with Crippen molar-refractivity contribution in [2.24, 2.45) is 5.73 Å². The van der Waals surface area contributed by atoms with E-state index in [0.717, 1.165) is 16.7 Å². The molecule has 0 spiro atoms. The summed E-state index contributed by atoms with van der Waals surface area (Å²) in [5.41, 5.74) is 8.64. The Bertz CT molecular complexity index is 552. The molecule has 0 aliphatic rings. The zero-order valence-electron chi connectivity index (χ0n) is 11.0. The molecule has 1 atom stereocenters. The second-order valence-corrected chi connectivity index (χ2v) is 4.52. The second kappa shape index (κ2) is 6.84. The van der Waals surface area contributed by atoms with Crippen molar-refractivity contribution in [2.45, 2.75) is 12.6 Å². The average molecular weight is 271 g/mol. The third-order valence-corrected chi connectivity index (χ3v) is 2.94. The van der Waals surface area contributed by atoms with Gasteiger partial charge in [-0.3, -0.25) is 4.79 Å². The van der Waals surface area contributed by atoms with Crippen LogP contribution in [0.25, 0.3) is 11.1 Å². The zero-order valence-corrected chi connectivity index (χ0v) is 11.0. The number of hydrogen-bond acceptors (Lipinski definition) is 3. The van der Waals surface area contributed by atoms with Crippen molar-refractivity contribution in [3.8, 4) is 11.1 Å². The molecule has 2 aromatic rings. The van der Waals surface area contributed by atoms with Crippen LogP contribution in [0.2, 0.25) is 0 Å². The van der Waals surface area contributed by atoms with E-state index in [-0.39, 0.29) is 6.61 Å². The predicted molar refractivity (Wildman–Crippen MR) is 77.1 cm³/mol. The van der Waals surface area contributed by atoms with Crippen LogP contribution in [-0.4, -0.2) is 23.7 Å². The van der Waals surface area contributed by atoms with Crippen molar-refractivity contribution >= 4 is 5.97 Å². The number of ether oxygens (including phenoxy) is 1. The van der Waals surface area contributed by atoms with Crippen LogP contribution in [0.3, 0.4) is 0 Å². The molecular weight excluding hydrogens is 254 g/mol. The zero-order chi connectivity index (χ0) is 14.4. The Morgan fingerprint density at radius 2 is 1.65 bits per heavy atom. The predicted octanol–water partition coefficient (Wildman–Crippen LogP) is 2.28. The van der Waals surface area contributed by atoms with Gasteiger partial charge < -0.3 is 15.6 Å². The highest BCUT2D eigenvalue weighted by Gasteiger charge is 2.10. The van der Waals surface area contributed by atoms with Crippen molar-refractivity contribution < 1.29 is 14.6 Å². The van der Waals surface area contributed by atoms with Gasteiger partial charge in [-0.2, -0.15) is 0 Å². The maximum absolute atomic E-state index is 10.5. The van der Waals surface area contributed by atoms with E-state index in [1.54, 1.807) is 0 Å². The molecule has 0 aromatic heterocycles. The standard InChI is InChI=1S/C16H17NO3/c17-15(16(18)19)11-20-10-12-6-8-14(9-7-12)13-4-2-1-3-5-13/h1-9,15H,10-11,17H2,(H,18,19)/t15-/m0/s1. The van der Waals surface area contributed by atoms with Gasteiger partial charge in [0, 0.05) is 0 Å². The van der Waals surface area contributed by atoms with E-state index in [2.05, 4.69) is 12.1 Å². The molecule has 2 aromatic carbocycles. The van der Waals surface area contributed by atoms with Gasteiger partial charge in [0.25, 0.3) is 0 Å². The number of carbonyl (C=O) groups is 1. The number of carboxylic acids is 1. The molecule has 4 nitrogen and oxygen atoms in total. The first-order chi connectivity index (χ1) is 9.66. The first kappa shape index (κ1) is 14.2. The van der Waals surface area contributed by atoms with Crippen LogP contribution in [0.5, 0.6) is 0 Å². The van der Waals surface area contributed by atoms with Gasteiger partial charge in [-0.15, -0.1) is 0 Å². The van der Waals surface area contributed by atoms with E-state index in [4.69, 9.17) is 15.6 Å². The van der Waals surface area contributed by atoms with Crippen LogP contribution < -0.4 is 5.73 Å². The molecule has 0 bridgehead atoms. The number of rotatable bonds is 6. The first-order valence-electron chi connectivity index (χ1n) is 6.37. The molecule has 0 saturated carbocycles. The molecule has 0 unspecified atom stereocenters. The summed E-state index contributed by atoms with van der Waals surface area (Å²) in [6.07, 6.45) is 0. The highest BCUT2D eigenvalue weighted by molar-refractivity contribution is 5.73. The first-order valence-corrected chi connectivity index (χ1v) is 6.37. The number of carboxylic acid groups (broad SMARTS) is 1. The monoisotopic (exact) mass is 271 g/mol. The lowest BCUT2D eigenvalue weighted by atomic mass is 10.0. The summed E-state index contributed by atoms with van der Waals surface area (Å²) in [5, 5.41) is 8.64. The topological polar surface area (TPSA) is 72.5 Å². The van der Waals surface area contributed by atoms with Crippen LogP contribution in [0.15, 0.2) is 54.6 Å². The maximum Gasteiger partial charge on any atom is 0.322 e. The van der Waals surface area contributed by atoms with Crippen molar-refractivity contribution in [2.75, 3.05) is 6.61 Å². The number of nitrogens with two attached hydrogens (primary N) is 1. The van der Waals surface area contributed by atoms with E-state index in [1.165, 1.54) is 0 Å². The Labute approximate surface area is 117 Å². The van der Waals surface area contributed by atoms with Gasteiger partial charge in [0.15, 0.2) is 0 Å². The SMILES string of the molecule is N[C@@H](COCc1ccc(-c2ccccc2)cc1)C(=O)O. The number of hydrogen-bond donors (Lipinski definition) is 2. The van der Waals surface area contributed by atoms with Crippen molar-refractivity contribution in [3.05, 3.63) is 60.2 Å². The molecule has 104 valence electrons. The summed E-state index contributed by atoms with van der Waals surface area (Å²) >= 11 is 0. The van der Waals surface area contributed by atoms with Crippen LogP contribution in [-0.2, 0) is 16.1 Å². The molecule has 0 heterocycles. The Balaban J connectivity index is 1.91. The molecular formula is C16H17NO3. The largest absolute Gasteiger partial charge is 0.480 e. The third kappa shape index (κ3) is 3.91. The normalized spacial score (nSPS) is 12.1. The molecule has 0 fully saturated rings. The highest BCUT2D eigenvalue weighted by atomic mass is 16.5. The van der Waals surface area contributed by atoms with E-state index in [9.17, 15) is 4.79 Å². The van der Waals surface area contributed by atoms with Gasteiger partial charge in [-0.1, -0.05) is 54.6 Å². The molecule has 0 aliphatic carbocycles. The molecule has 20 heavy (non-hydrogen) atoms. The second-order valence-electron chi connectivity index (χ2n) is 4.52. The number of benzene rings is 2. The third-order valence-electron chi connectivity index (χ3n) is 2.94. The van der Waals surface area contributed by atoms with Gasteiger partial charge in [0.05, 0.1) is 13.2 Å². The fourth-order valence-corrected chi connectivity index (χ4v) is 1.80. The lowest BCUT2D eigenvalue weighted by Crippen LogP contribution is -2.34. The molecule has 0 radical (unpaired) electrons. The summed E-state index contributed by atoms with van der Waals surface area (Å²) in [6.45, 7) is 0.367. The molecule has 0 aliphatic heterocycles. The van der Waals surface area contributed by atoms with Gasteiger partial charge in [-0.25, -0.2) is 0 Å². The summed E-state index contributed by atoms with van der Waals surface area (Å²) in [5.74, 6) is -1.05. The fraction of sp³-hybridized carbons (Fsp3) is 0.188. The Hall–Kier alpha value is -2.17. The molecule has 0 saturated heterocycles. The quantitative estimate of drug-likeness (QED) is 0.845. The maximum atomic E-state index is 10.5. The van der Waals surface area contributed by atoms with Gasteiger partial charge in [-0.05, 0) is 16.7 Å². The Kier molecular flexibility index (Phi) is 4.87. The minimum atomic E-state index is -1.05. The fourth-order valence-electron chi connectivity index (χ4n) is 1.80. The van der Waals surface area contributed by atoms with Crippen LogP contribution in [0.4, 0.5) is 0 Å². The summed E-state index contributed by atoms with van der Waals surface area (Å²) < 4.78 is 5.28. The van der Waals surface area contributed by atoms with E-state index >= 15 is 0 Å². The van der Waals surface area contributed by atoms with Crippen LogP contribution in [0, 0.1) is 0 Å². The van der Waals surface area contributed by atoms with E-state index < -0.39 is 12.0 Å². The number of aliphatic carboxylic acids is 1. The Morgan fingerprint density at radius 3 is 2.25 bits per heavy atom. The summed E-state index contributed by atoms with van der Waals surface area (Å²) in [7, 11) is 0. The van der Waals surface area contributed by atoms with Crippen molar-refractivity contribution in [1.29, 1.82) is 0 Å².